The number of allylic oxidation sites excluding steroid dienone is 1. The fourth-order valence-corrected chi connectivity index (χ4v) is 4.97. The van der Waals surface area contributed by atoms with E-state index >= 15 is 0 Å². The van der Waals surface area contributed by atoms with Crippen LogP contribution in [0, 0.1) is 11.3 Å². The highest BCUT2D eigenvalue weighted by molar-refractivity contribution is 7.11. The molecule has 31 heavy (non-hydrogen) atoms. The first-order chi connectivity index (χ1) is 15.3. The maximum Gasteiger partial charge on any atom is 0.231 e. The summed E-state index contributed by atoms with van der Waals surface area (Å²) in [7, 11) is 0. The van der Waals surface area contributed by atoms with Crippen LogP contribution in [0.5, 0.6) is 11.5 Å². The number of nitriles is 1. The van der Waals surface area contributed by atoms with Gasteiger partial charge in [-0.15, -0.1) is 11.3 Å². The Hall–Kier alpha value is -3.30. The first-order valence-corrected chi connectivity index (χ1v) is 11.5. The van der Waals surface area contributed by atoms with E-state index < -0.39 is 0 Å². The lowest BCUT2D eigenvalue weighted by atomic mass is 9.84. The zero-order chi connectivity index (χ0) is 21.0. The highest BCUT2D eigenvalue weighted by Crippen LogP contribution is 2.35. The first kappa shape index (κ1) is 19.7. The Labute approximate surface area is 186 Å². The molecule has 2 aromatic carbocycles. The third-order valence-corrected chi connectivity index (χ3v) is 6.77. The number of hydrogen-bond donors (Lipinski definition) is 1. The Morgan fingerprint density at radius 1 is 1.06 bits per heavy atom. The Kier molecular flexibility index (Phi) is 5.59. The van der Waals surface area contributed by atoms with Gasteiger partial charge in [-0.2, -0.15) is 5.26 Å². The van der Waals surface area contributed by atoms with Crippen molar-refractivity contribution in [2.75, 3.05) is 12.1 Å². The van der Waals surface area contributed by atoms with Gasteiger partial charge in [0.1, 0.15) is 16.6 Å². The molecule has 5 nitrogen and oxygen atoms in total. The molecule has 1 aliphatic carbocycles. The molecule has 1 N–H and O–H groups in total. The molecule has 5 rings (SSSR count). The van der Waals surface area contributed by atoms with E-state index in [1.165, 1.54) is 49.0 Å². The van der Waals surface area contributed by atoms with Gasteiger partial charge < -0.3 is 14.8 Å². The molecule has 2 aliphatic rings. The number of benzene rings is 2. The van der Waals surface area contributed by atoms with E-state index in [-0.39, 0.29) is 6.79 Å². The van der Waals surface area contributed by atoms with Crippen molar-refractivity contribution >= 4 is 22.6 Å². The number of ether oxygens (including phenoxy) is 2. The molecule has 0 saturated heterocycles. The summed E-state index contributed by atoms with van der Waals surface area (Å²) >= 11 is 1.48. The lowest BCUT2D eigenvalue weighted by molar-refractivity contribution is 0.174. The van der Waals surface area contributed by atoms with Crippen LogP contribution < -0.4 is 14.8 Å². The number of anilines is 1. The van der Waals surface area contributed by atoms with Crippen LogP contribution in [0.3, 0.4) is 0 Å². The molecule has 1 aromatic heterocycles. The van der Waals surface area contributed by atoms with E-state index in [0.29, 0.717) is 22.2 Å². The number of thiazole rings is 1. The van der Waals surface area contributed by atoms with Gasteiger partial charge in [0.15, 0.2) is 11.5 Å². The summed E-state index contributed by atoms with van der Waals surface area (Å²) in [4.78, 5) is 4.71. The molecule has 0 radical (unpaired) electrons. The molecule has 1 fully saturated rings. The van der Waals surface area contributed by atoms with Crippen LogP contribution in [0.1, 0.15) is 48.6 Å². The molecular weight excluding hydrogens is 406 g/mol. The average molecular weight is 430 g/mol. The van der Waals surface area contributed by atoms with Crippen LogP contribution in [-0.2, 0) is 0 Å². The van der Waals surface area contributed by atoms with Gasteiger partial charge in [-0.25, -0.2) is 4.98 Å². The molecule has 1 aliphatic heterocycles. The molecule has 0 amide bonds. The molecule has 1 saturated carbocycles. The molecule has 6 heteroatoms. The second kappa shape index (κ2) is 8.83. The number of aromatic nitrogens is 1. The predicted molar refractivity (Wildman–Crippen MR) is 123 cm³/mol. The zero-order valence-corrected chi connectivity index (χ0v) is 18.0. The molecular formula is C25H23N3O2S. The molecule has 3 aromatic rings. The standard InChI is InChI=1S/C25H23N3O2S/c26-13-20(14-27-21-10-11-23-24(12-21)30-16-29-23)25-28-22(15-31-25)19-8-6-18(7-9-19)17-4-2-1-3-5-17/h6-12,14-15,17,27H,1-5,16H2. The highest BCUT2D eigenvalue weighted by atomic mass is 32.1. The van der Waals surface area contributed by atoms with E-state index in [0.717, 1.165) is 22.7 Å². The van der Waals surface area contributed by atoms with E-state index in [9.17, 15) is 5.26 Å². The summed E-state index contributed by atoms with van der Waals surface area (Å²) in [6.45, 7) is 0.238. The highest BCUT2D eigenvalue weighted by Gasteiger charge is 2.16. The van der Waals surface area contributed by atoms with Crippen molar-refractivity contribution in [1.82, 2.24) is 4.98 Å². The van der Waals surface area contributed by atoms with Crippen LogP contribution in [0.25, 0.3) is 16.8 Å². The largest absolute Gasteiger partial charge is 0.454 e. The SMILES string of the molecule is N#CC(=CNc1ccc2c(c1)OCO2)c1nc(-c2ccc(C3CCCCC3)cc2)cs1. The van der Waals surface area contributed by atoms with Crippen molar-refractivity contribution in [2.24, 2.45) is 0 Å². The van der Waals surface area contributed by atoms with Gasteiger partial charge in [0.05, 0.1) is 5.69 Å². The number of nitrogens with one attached hydrogen (secondary N) is 1. The maximum atomic E-state index is 9.64. The summed E-state index contributed by atoms with van der Waals surface area (Å²) in [6.07, 6.45) is 8.33. The second-order valence-electron chi connectivity index (χ2n) is 7.88. The summed E-state index contributed by atoms with van der Waals surface area (Å²) in [5, 5.41) is 15.5. The summed E-state index contributed by atoms with van der Waals surface area (Å²) in [6, 6.07) is 16.6. The van der Waals surface area contributed by atoms with Crippen molar-refractivity contribution in [1.29, 1.82) is 5.26 Å². The van der Waals surface area contributed by atoms with Crippen molar-refractivity contribution in [3.8, 4) is 28.8 Å². The van der Waals surface area contributed by atoms with E-state index in [1.54, 1.807) is 6.20 Å². The Balaban J connectivity index is 1.30. The minimum Gasteiger partial charge on any atom is -0.454 e. The second-order valence-corrected chi connectivity index (χ2v) is 8.74. The van der Waals surface area contributed by atoms with Crippen LogP contribution in [0.2, 0.25) is 0 Å². The van der Waals surface area contributed by atoms with Crippen molar-refractivity contribution in [3.05, 3.63) is 64.6 Å². The van der Waals surface area contributed by atoms with E-state index in [2.05, 4.69) is 35.7 Å². The molecule has 156 valence electrons. The lowest BCUT2D eigenvalue weighted by Gasteiger charge is -2.22. The van der Waals surface area contributed by atoms with Gasteiger partial charge in [-0.1, -0.05) is 43.5 Å². The van der Waals surface area contributed by atoms with Crippen molar-refractivity contribution in [3.63, 3.8) is 0 Å². The van der Waals surface area contributed by atoms with Gasteiger partial charge in [-0.3, -0.25) is 0 Å². The maximum absolute atomic E-state index is 9.64. The third kappa shape index (κ3) is 4.28. The van der Waals surface area contributed by atoms with Gasteiger partial charge in [0.2, 0.25) is 6.79 Å². The lowest BCUT2D eigenvalue weighted by Crippen LogP contribution is -2.04. The average Bonchev–Trinajstić information content (AvgIpc) is 3.50. The number of nitrogens with zero attached hydrogens (tertiary/aromatic N) is 2. The van der Waals surface area contributed by atoms with Crippen molar-refractivity contribution in [2.45, 2.75) is 38.0 Å². The quantitative estimate of drug-likeness (QED) is 0.465. The minimum absolute atomic E-state index is 0.238. The third-order valence-electron chi connectivity index (χ3n) is 5.89. The van der Waals surface area contributed by atoms with Crippen LogP contribution in [0.4, 0.5) is 5.69 Å². The molecule has 0 unspecified atom stereocenters. The predicted octanol–water partition coefficient (Wildman–Crippen LogP) is 6.56. The van der Waals surface area contributed by atoms with Gasteiger partial charge >= 0.3 is 0 Å². The Bertz CT molecular complexity index is 1140. The zero-order valence-electron chi connectivity index (χ0n) is 17.1. The number of rotatable bonds is 5. The monoisotopic (exact) mass is 429 g/mol. The summed E-state index contributed by atoms with van der Waals surface area (Å²) in [5.41, 5.74) is 4.74. The topological polar surface area (TPSA) is 67.2 Å². The van der Waals surface area contributed by atoms with Gasteiger partial charge in [-0.05, 0) is 36.5 Å². The number of hydrogen-bond acceptors (Lipinski definition) is 6. The molecule has 0 spiro atoms. The summed E-state index contributed by atoms with van der Waals surface area (Å²) < 4.78 is 10.7. The molecule has 0 atom stereocenters. The fourth-order valence-electron chi connectivity index (χ4n) is 4.18. The van der Waals surface area contributed by atoms with E-state index in [1.807, 2.05) is 23.6 Å². The smallest absolute Gasteiger partial charge is 0.231 e. The van der Waals surface area contributed by atoms with Crippen LogP contribution in [0.15, 0.2) is 54.0 Å². The van der Waals surface area contributed by atoms with Gasteiger partial charge in [0, 0.05) is 28.9 Å². The normalized spacial score (nSPS) is 16.2. The minimum atomic E-state index is 0.238. The molecule has 2 heterocycles. The fraction of sp³-hybridized carbons (Fsp3) is 0.280. The summed E-state index contributed by atoms with van der Waals surface area (Å²) in [5.74, 6) is 2.13. The number of fused-ring (bicyclic) bond motifs is 1. The van der Waals surface area contributed by atoms with Crippen LogP contribution >= 0.6 is 11.3 Å². The van der Waals surface area contributed by atoms with Crippen molar-refractivity contribution < 1.29 is 9.47 Å². The van der Waals surface area contributed by atoms with E-state index in [4.69, 9.17) is 14.5 Å². The Morgan fingerprint density at radius 2 is 1.87 bits per heavy atom. The Morgan fingerprint density at radius 3 is 2.68 bits per heavy atom. The molecule has 0 bridgehead atoms. The first-order valence-electron chi connectivity index (χ1n) is 10.6. The van der Waals surface area contributed by atoms with Crippen LogP contribution in [-0.4, -0.2) is 11.8 Å². The van der Waals surface area contributed by atoms with Gasteiger partial charge in [0.25, 0.3) is 0 Å².